The average Bonchev–Trinajstić information content (AvgIpc) is 2.83. The van der Waals surface area contributed by atoms with Gasteiger partial charge in [-0.05, 0) is 31.0 Å². The first-order valence-electron chi connectivity index (χ1n) is 5.90. The van der Waals surface area contributed by atoms with E-state index in [1.165, 1.54) is 31.1 Å². The molecule has 0 aliphatic heterocycles. The van der Waals surface area contributed by atoms with Crippen molar-refractivity contribution in [3.8, 4) is 0 Å². The molecule has 2 nitrogen and oxygen atoms in total. The second-order valence-corrected chi connectivity index (χ2v) is 6.57. The predicted octanol–water partition coefficient (Wildman–Crippen LogP) is 4.43. The number of hydrogen-bond donors (Lipinski definition) is 0. The second kappa shape index (κ2) is 4.94. The molecule has 0 spiro atoms. The topological polar surface area (TPSA) is 25.8 Å². The monoisotopic (exact) mass is 308 g/mol. The fraction of sp³-hybridized carbons (Fsp3) is 0.385. The van der Waals surface area contributed by atoms with E-state index < -0.39 is 0 Å². The molecule has 1 heterocycles. The van der Waals surface area contributed by atoms with E-state index in [4.69, 9.17) is 0 Å². The van der Waals surface area contributed by atoms with Crippen LogP contribution in [0.4, 0.5) is 0 Å². The van der Waals surface area contributed by atoms with Gasteiger partial charge in [-0.3, -0.25) is 0 Å². The number of halogens is 1. The Kier molecular flexibility index (Phi) is 3.34. The highest BCUT2D eigenvalue weighted by Crippen LogP contribution is 2.36. The molecule has 0 amide bonds. The lowest BCUT2D eigenvalue weighted by Gasteiger charge is -2.09. The van der Waals surface area contributed by atoms with Gasteiger partial charge in [-0.2, -0.15) is 0 Å². The molecule has 4 heteroatoms. The third-order valence-corrected chi connectivity index (χ3v) is 4.99. The smallest absolute Gasteiger partial charge is 0.117 e. The molecule has 2 aromatic rings. The standard InChI is InChI=1S/C13H13BrN2S/c14-9-5-6-12-11(7-9)13(16-8-15-12)17-10-3-1-2-4-10/h5-8,10H,1-4H2. The molecular weight excluding hydrogens is 296 g/mol. The van der Waals surface area contributed by atoms with Crippen LogP contribution in [0.15, 0.2) is 34.0 Å². The van der Waals surface area contributed by atoms with Gasteiger partial charge in [-0.15, -0.1) is 11.8 Å². The third-order valence-electron chi connectivity index (χ3n) is 3.14. The second-order valence-electron chi connectivity index (χ2n) is 4.36. The lowest BCUT2D eigenvalue weighted by Crippen LogP contribution is -1.96. The largest absolute Gasteiger partial charge is 0.236 e. The lowest BCUT2D eigenvalue weighted by atomic mass is 10.2. The molecule has 17 heavy (non-hydrogen) atoms. The minimum absolute atomic E-state index is 0.743. The maximum atomic E-state index is 4.44. The molecule has 0 atom stereocenters. The Labute approximate surface area is 113 Å². The van der Waals surface area contributed by atoms with Crippen molar-refractivity contribution in [2.75, 3.05) is 0 Å². The van der Waals surface area contributed by atoms with Crippen LogP contribution in [0.5, 0.6) is 0 Å². The lowest BCUT2D eigenvalue weighted by molar-refractivity contribution is 0.886. The van der Waals surface area contributed by atoms with Gasteiger partial charge in [0.25, 0.3) is 0 Å². The molecule has 1 aromatic heterocycles. The maximum absolute atomic E-state index is 4.44. The highest BCUT2D eigenvalue weighted by atomic mass is 79.9. The minimum atomic E-state index is 0.743. The molecule has 3 rings (SSSR count). The number of rotatable bonds is 2. The number of fused-ring (bicyclic) bond motifs is 1. The van der Waals surface area contributed by atoms with Crippen LogP contribution in [-0.2, 0) is 0 Å². The Morgan fingerprint density at radius 3 is 2.82 bits per heavy atom. The summed E-state index contributed by atoms with van der Waals surface area (Å²) in [6, 6.07) is 6.19. The van der Waals surface area contributed by atoms with Gasteiger partial charge in [0.1, 0.15) is 11.4 Å². The van der Waals surface area contributed by atoms with Crippen LogP contribution in [0.2, 0.25) is 0 Å². The van der Waals surface area contributed by atoms with Gasteiger partial charge in [-0.1, -0.05) is 28.8 Å². The molecule has 88 valence electrons. The van der Waals surface area contributed by atoms with E-state index >= 15 is 0 Å². The zero-order chi connectivity index (χ0) is 11.7. The van der Waals surface area contributed by atoms with Crippen molar-refractivity contribution in [1.29, 1.82) is 0 Å². The van der Waals surface area contributed by atoms with Gasteiger partial charge in [-0.25, -0.2) is 9.97 Å². The number of aromatic nitrogens is 2. The fourth-order valence-corrected chi connectivity index (χ4v) is 3.91. The van der Waals surface area contributed by atoms with Crippen LogP contribution >= 0.6 is 27.7 Å². The summed E-state index contributed by atoms with van der Waals surface area (Å²) in [5.74, 6) is 0. The molecular formula is C13H13BrN2S. The summed E-state index contributed by atoms with van der Waals surface area (Å²) >= 11 is 5.43. The van der Waals surface area contributed by atoms with E-state index in [-0.39, 0.29) is 0 Å². The minimum Gasteiger partial charge on any atom is -0.236 e. The summed E-state index contributed by atoms with van der Waals surface area (Å²) in [7, 11) is 0. The highest BCUT2D eigenvalue weighted by molar-refractivity contribution is 9.10. The van der Waals surface area contributed by atoms with Crippen molar-refractivity contribution in [2.24, 2.45) is 0 Å². The summed E-state index contributed by atoms with van der Waals surface area (Å²) in [4.78, 5) is 8.75. The summed E-state index contributed by atoms with van der Waals surface area (Å²) < 4.78 is 1.09. The van der Waals surface area contributed by atoms with Crippen molar-refractivity contribution in [3.05, 3.63) is 29.0 Å². The molecule has 1 fully saturated rings. The molecule has 1 aromatic carbocycles. The van der Waals surface area contributed by atoms with Gasteiger partial charge >= 0.3 is 0 Å². The number of nitrogens with zero attached hydrogens (tertiary/aromatic N) is 2. The van der Waals surface area contributed by atoms with Crippen molar-refractivity contribution in [2.45, 2.75) is 36.0 Å². The number of benzene rings is 1. The third kappa shape index (κ3) is 2.47. The van der Waals surface area contributed by atoms with E-state index in [0.717, 1.165) is 20.3 Å². The molecule has 1 aliphatic carbocycles. The fourth-order valence-electron chi connectivity index (χ4n) is 2.26. The summed E-state index contributed by atoms with van der Waals surface area (Å²) in [6.07, 6.45) is 7.05. The summed E-state index contributed by atoms with van der Waals surface area (Å²) in [5.41, 5.74) is 1.03. The first-order chi connectivity index (χ1) is 8.33. The maximum Gasteiger partial charge on any atom is 0.117 e. The van der Waals surface area contributed by atoms with Gasteiger partial charge in [0, 0.05) is 15.1 Å². The van der Waals surface area contributed by atoms with Crippen LogP contribution < -0.4 is 0 Å². The van der Waals surface area contributed by atoms with Crippen molar-refractivity contribution >= 4 is 38.6 Å². The Bertz CT molecular complexity index is 538. The Hall–Kier alpha value is -0.610. The molecule has 0 unspecified atom stereocenters. The summed E-state index contributed by atoms with van der Waals surface area (Å²) in [5, 5.41) is 3.04. The Morgan fingerprint density at radius 2 is 2.00 bits per heavy atom. The van der Waals surface area contributed by atoms with E-state index in [1.807, 2.05) is 23.9 Å². The SMILES string of the molecule is Brc1ccc2ncnc(SC3CCCC3)c2c1. The quantitative estimate of drug-likeness (QED) is 0.768. The van der Waals surface area contributed by atoms with Crippen molar-refractivity contribution < 1.29 is 0 Å². The molecule has 0 radical (unpaired) electrons. The van der Waals surface area contributed by atoms with Crippen LogP contribution in [0.25, 0.3) is 10.9 Å². The van der Waals surface area contributed by atoms with Gasteiger partial charge in [0.15, 0.2) is 0 Å². The predicted molar refractivity (Wildman–Crippen MR) is 75.4 cm³/mol. The molecule has 1 aliphatic rings. The van der Waals surface area contributed by atoms with Crippen molar-refractivity contribution in [3.63, 3.8) is 0 Å². The molecule has 0 N–H and O–H groups in total. The van der Waals surface area contributed by atoms with E-state index in [0.29, 0.717) is 0 Å². The van der Waals surface area contributed by atoms with E-state index in [1.54, 1.807) is 6.33 Å². The number of hydrogen-bond acceptors (Lipinski definition) is 3. The number of thioether (sulfide) groups is 1. The van der Waals surface area contributed by atoms with Crippen LogP contribution in [0.1, 0.15) is 25.7 Å². The zero-order valence-corrected chi connectivity index (χ0v) is 11.8. The Morgan fingerprint density at radius 1 is 1.18 bits per heavy atom. The van der Waals surface area contributed by atoms with Gasteiger partial charge < -0.3 is 0 Å². The van der Waals surface area contributed by atoms with Crippen LogP contribution in [-0.4, -0.2) is 15.2 Å². The first kappa shape index (κ1) is 11.5. The van der Waals surface area contributed by atoms with Crippen LogP contribution in [0, 0.1) is 0 Å². The van der Waals surface area contributed by atoms with Gasteiger partial charge in [0.05, 0.1) is 5.52 Å². The summed E-state index contributed by atoms with van der Waals surface area (Å²) in [6.45, 7) is 0. The Balaban J connectivity index is 1.99. The zero-order valence-electron chi connectivity index (χ0n) is 9.40. The van der Waals surface area contributed by atoms with Crippen molar-refractivity contribution in [1.82, 2.24) is 9.97 Å². The van der Waals surface area contributed by atoms with Gasteiger partial charge in [0.2, 0.25) is 0 Å². The molecule has 0 saturated heterocycles. The average molecular weight is 309 g/mol. The van der Waals surface area contributed by atoms with E-state index in [2.05, 4.69) is 32.0 Å². The van der Waals surface area contributed by atoms with E-state index in [9.17, 15) is 0 Å². The molecule has 1 saturated carbocycles. The normalized spacial score (nSPS) is 16.8. The first-order valence-corrected chi connectivity index (χ1v) is 7.57. The van der Waals surface area contributed by atoms with Crippen LogP contribution in [0.3, 0.4) is 0 Å². The highest BCUT2D eigenvalue weighted by Gasteiger charge is 2.18. The molecule has 0 bridgehead atoms.